The number of carbonyl (C=O) groups is 1. The monoisotopic (exact) mass is 467 g/mol. The molecule has 0 aliphatic rings. The van der Waals surface area contributed by atoms with Gasteiger partial charge in [0, 0.05) is 23.7 Å². The molecule has 34 heavy (non-hydrogen) atoms. The molecular weight excluding hydrogens is 422 g/mol. The van der Waals surface area contributed by atoms with Gasteiger partial charge in [-0.25, -0.2) is 0 Å². The summed E-state index contributed by atoms with van der Waals surface area (Å²) in [5, 5.41) is 0. The summed E-state index contributed by atoms with van der Waals surface area (Å²) in [6.45, 7) is 7.40. The van der Waals surface area contributed by atoms with Crippen molar-refractivity contribution in [2.75, 3.05) is 6.61 Å². The molecule has 1 aromatic carbocycles. The zero-order chi connectivity index (χ0) is 24.4. The molecule has 0 fully saturated rings. The average Bonchev–Trinajstić information content (AvgIpc) is 2.86. The first kappa shape index (κ1) is 27.9. The maximum Gasteiger partial charge on any atom is 0.311 e. The van der Waals surface area contributed by atoms with E-state index in [1.165, 1.54) is 51.4 Å². The van der Waals surface area contributed by atoms with Crippen LogP contribution >= 0.6 is 0 Å². The Morgan fingerprint density at radius 2 is 1.56 bits per heavy atom. The predicted molar refractivity (Wildman–Crippen MR) is 141 cm³/mol. The van der Waals surface area contributed by atoms with Crippen LogP contribution in [0.15, 0.2) is 42.7 Å². The third kappa shape index (κ3) is 10.7. The number of benzene rings is 1. The quantitative estimate of drug-likeness (QED) is 0.125. The molecule has 0 aliphatic heterocycles. The number of carbonyl (C=O) groups excluding carboxylic acids is 1. The van der Waals surface area contributed by atoms with Gasteiger partial charge in [0.25, 0.3) is 0 Å². The van der Waals surface area contributed by atoms with Crippen molar-refractivity contribution in [3.63, 3.8) is 0 Å². The van der Waals surface area contributed by atoms with Crippen LogP contribution in [0.4, 0.5) is 0 Å². The summed E-state index contributed by atoms with van der Waals surface area (Å²) in [6.07, 6.45) is 18.4. The number of pyridine rings is 1. The lowest BCUT2D eigenvalue weighted by atomic mass is 10.0. The van der Waals surface area contributed by atoms with Crippen LogP contribution in [0.5, 0.6) is 11.5 Å². The molecule has 2 aromatic rings. The molecule has 0 saturated heterocycles. The van der Waals surface area contributed by atoms with E-state index in [-0.39, 0.29) is 5.97 Å². The normalized spacial score (nSPS) is 11.9. The Bertz CT molecular complexity index is 820. The van der Waals surface area contributed by atoms with Gasteiger partial charge in [-0.05, 0) is 30.9 Å². The van der Waals surface area contributed by atoms with Gasteiger partial charge in [0.05, 0.1) is 12.8 Å². The number of unbranched alkanes of at least 4 members (excludes halogenated alkanes) is 8. The molecule has 0 radical (unpaired) electrons. The molecule has 4 nitrogen and oxygen atoms in total. The van der Waals surface area contributed by atoms with Gasteiger partial charge in [-0.2, -0.15) is 0 Å². The maximum atomic E-state index is 12.5. The Labute approximate surface area is 207 Å². The minimum absolute atomic E-state index is 0.174. The number of hydrogen-bond donors (Lipinski definition) is 0. The van der Waals surface area contributed by atoms with Crippen LogP contribution in [-0.2, 0) is 4.79 Å². The fourth-order valence-electron chi connectivity index (χ4n) is 4.05. The summed E-state index contributed by atoms with van der Waals surface area (Å²) < 4.78 is 11.9. The molecule has 0 aliphatic carbocycles. The Morgan fingerprint density at radius 1 is 0.853 bits per heavy atom. The second-order valence-electron chi connectivity index (χ2n) is 9.42. The number of aromatic nitrogens is 1. The summed E-state index contributed by atoms with van der Waals surface area (Å²) >= 11 is 0. The van der Waals surface area contributed by atoms with Crippen molar-refractivity contribution in [1.29, 1.82) is 0 Å². The van der Waals surface area contributed by atoms with Gasteiger partial charge in [0.2, 0.25) is 0 Å². The lowest BCUT2D eigenvalue weighted by Gasteiger charge is -2.14. The third-order valence-corrected chi connectivity index (χ3v) is 6.47. The fourth-order valence-corrected chi connectivity index (χ4v) is 4.05. The highest BCUT2D eigenvalue weighted by Gasteiger charge is 2.14. The van der Waals surface area contributed by atoms with Crippen LogP contribution in [0.2, 0.25) is 0 Å². The Kier molecular flexibility index (Phi) is 14.0. The Balaban J connectivity index is 1.87. The molecular formula is C30H45NO3. The second-order valence-corrected chi connectivity index (χ2v) is 9.42. The highest BCUT2D eigenvalue weighted by Crippen LogP contribution is 2.36. The summed E-state index contributed by atoms with van der Waals surface area (Å²) in [5.74, 6) is 1.86. The van der Waals surface area contributed by atoms with Crippen molar-refractivity contribution in [3.8, 4) is 22.6 Å². The molecule has 4 heteroatoms. The van der Waals surface area contributed by atoms with Crippen LogP contribution < -0.4 is 9.47 Å². The molecule has 188 valence electrons. The minimum atomic E-state index is -0.174. The molecule has 1 aromatic heterocycles. The number of nitrogens with zero attached hydrogens (tertiary/aromatic N) is 1. The fraction of sp³-hybridized carbons (Fsp3) is 0.600. The smallest absolute Gasteiger partial charge is 0.311 e. The molecule has 0 amide bonds. The molecule has 2 rings (SSSR count). The molecule has 0 N–H and O–H groups in total. The molecule has 1 heterocycles. The van der Waals surface area contributed by atoms with Crippen LogP contribution in [0, 0.1) is 5.92 Å². The van der Waals surface area contributed by atoms with Crippen molar-refractivity contribution in [2.24, 2.45) is 5.92 Å². The predicted octanol–water partition coefficient (Wildman–Crippen LogP) is 8.78. The lowest BCUT2D eigenvalue weighted by Crippen LogP contribution is -2.09. The zero-order valence-corrected chi connectivity index (χ0v) is 21.7. The van der Waals surface area contributed by atoms with Gasteiger partial charge in [0.15, 0.2) is 0 Å². The Hall–Kier alpha value is -2.36. The highest BCUT2D eigenvalue weighted by atomic mass is 16.5. The van der Waals surface area contributed by atoms with Crippen molar-refractivity contribution >= 4 is 5.97 Å². The van der Waals surface area contributed by atoms with E-state index in [9.17, 15) is 4.79 Å². The number of rotatable bonds is 18. The van der Waals surface area contributed by atoms with Crippen molar-refractivity contribution in [2.45, 2.75) is 104 Å². The first-order valence-electron chi connectivity index (χ1n) is 13.5. The van der Waals surface area contributed by atoms with E-state index in [1.54, 1.807) is 12.4 Å². The molecule has 1 atom stereocenters. The Morgan fingerprint density at radius 3 is 2.32 bits per heavy atom. The maximum absolute atomic E-state index is 12.5. The number of para-hydroxylation sites is 1. The van der Waals surface area contributed by atoms with E-state index < -0.39 is 0 Å². The first-order valence-corrected chi connectivity index (χ1v) is 13.5. The van der Waals surface area contributed by atoms with Crippen molar-refractivity contribution in [1.82, 2.24) is 4.98 Å². The van der Waals surface area contributed by atoms with E-state index in [1.807, 2.05) is 30.3 Å². The van der Waals surface area contributed by atoms with Gasteiger partial charge in [-0.1, -0.05) is 103 Å². The van der Waals surface area contributed by atoms with E-state index in [0.29, 0.717) is 24.7 Å². The largest absolute Gasteiger partial charge is 0.491 e. The standard InChI is InChI=1S/C30H45NO3/c1-4-6-7-8-9-10-11-16-23-33-29-24-31-22-21-27(29)26-18-13-14-19-28(26)34-30(32)20-15-12-17-25(3)5-2/h13-14,18-19,21-22,24-25H,4-12,15-17,20,23H2,1-3H3. The number of ether oxygens (including phenoxy) is 2. The summed E-state index contributed by atoms with van der Waals surface area (Å²) in [7, 11) is 0. The van der Waals surface area contributed by atoms with Gasteiger partial charge in [-0.3, -0.25) is 9.78 Å². The second kappa shape index (κ2) is 17.1. The van der Waals surface area contributed by atoms with Gasteiger partial charge in [-0.15, -0.1) is 0 Å². The van der Waals surface area contributed by atoms with Crippen LogP contribution in [-0.4, -0.2) is 17.6 Å². The van der Waals surface area contributed by atoms with Crippen LogP contribution in [0.1, 0.15) is 104 Å². The van der Waals surface area contributed by atoms with Crippen LogP contribution in [0.25, 0.3) is 11.1 Å². The molecule has 0 spiro atoms. The van der Waals surface area contributed by atoms with Gasteiger partial charge < -0.3 is 9.47 Å². The number of esters is 1. The minimum Gasteiger partial charge on any atom is -0.491 e. The van der Waals surface area contributed by atoms with Gasteiger partial charge >= 0.3 is 5.97 Å². The third-order valence-electron chi connectivity index (χ3n) is 6.47. The van der Waals surface area contributed by atoms with E-state index in [2.05, 4.69) is 25.8 Å². The topological polar surface area (TPSA) is 48.4 Å². The molecule has 1 unspecified atom stereocenters. The van der Waals surface area contributed by atoms with Crippen LogP contribution in [0.3, 0.4) is 0 Å². The summed E-state index contributed by atoms with van der Waals surface area (Å²) in [5.41, 5.74) is 1.78. The average molecular weight is 468 g/mol. The SMILES string of the molecule is CCCCCCCCCCOc1cnccc1-c1ccccc1OC(=O)CCCCC(C)CC. The van der Waals surface area contributed by atoms with E-state index in [0.717, 1.165) is 42.6 Å². The van der Waals surface area contributed by atoms with Crippen molar-refractivity contribution in [3.05, 3.63) is 42.7 Å². The first-order chi connectivity index (χ1) is 16.7. The lowest BCUT2D eigenvalue weighted by molar-refractivity contribution is -0.134. The summed E-state index contributed by atoms with van der Waals surface area (Å²) in [4.78, 5) is 16.7. The van der Waals surface area contributed by atoms with Gasteiger partial charge in [0.1, 0.15) is 11.5 Å². The molecule has 0 bridgehead atoms. The molecule has 0 saturated carbocycles. The van der Waals surface area contributed by atoms with E-state index in [4.69, 9.17) is 9.47 Å². The summed E-state index contributed by atoms with van der Waals surface area (Å²) in [6, 6.07) is 9.62. The highest BCUT2D eigenvalue weighted by molar-refractivity contribution is 5.80. The van der Waals surface area contributed by atoms with E-state index >= 15 is 0 Å². The zero-order valence-electron chi connectivity index (χ0n) is 21.7. The number of hydrogen-bond acceptors (Lipinski definition) is 4. The van der Waals surface area contributed by atoms with Crippen molar-refractivity contribution < 1.29 is 14.3 Å².